The van der Waals surface area contributed by atoms with Crippen LogP contribution < -0.4 is 14.8 Å². The summed E-state index contributed by atoms with van der Waals surface area (Å²) in [6, 6.07) is 8.88. The van der Waals surface area contributed by atoms with Gasteiger partial charge in [-0.2, -0.15) is 13.2 Å². The molecule has 2 rings (SSSR count). The van der Waals surface area contributed by atoms with Crippen LogP contribution in [0.4, 0.5) is 18.9 Å². The van der Waals surface area contributed by atoms with Gasteiger partial charge in [-0.3, -0.25) is 4.79 Å². The molecule has 2 aromatic rings. The van der Waals surface area contributed by atoms with Gasteiger partial charge in [-0.25, -0.2) is 0 Å². The van der Waals surface area contributed by atoms with E-state index in [1.165, 1.54) is 25.3 Å². The second-order valence-electron chi connectivity index (χ2n) is 4.83. The number of methoxy groups -OCH3 is 1. The zero-order chi connectivity index (χ0) is 17.7. The van der Waals surface area contributed by atoms with E-state index < -0.39 is 17.6 Å². The van der Waals surface area contributed by atoms with Crippen molar-refractivity contribution in [1.29, 1.82) is 0 Å². The Morgan fingerprint density at radius 3 is 2.29 bits per heavy atom. The van der Waals surface area contributed by atoms with Crippen molar-refractivity contribution in [2.45, 2.75) is 13.1 Å². The lowest BCUT2D eigenvalue weighted by Crippen LogP contribution is -2.13. The van der Waals surface area contributed by atoms with E-state index in [9.17, 15) is 18.0 Å². The van der Waals surface area contributed by atoms with Crippen LogP contribution in [0.5, 0.6) is 11.5 Å². The van der Waals surface area contributed by atoms with Crippen molar-refractivity contribution in [3.63, 3.8) is 0 Å². The maximum absolute atomic E-state index is 12.5. The van der Waals surface area contributed by atoms with Crippen LogP contribution in [-0.2, 0) is 6.18 Å². The monoisotopic (exact) mass is 339 g/mol. The van der Waals surface area contributed by atoms with Crippen molar-refractivity contribution in [2.75, 3.05) is 19.0 Å². The van der Waals surface area contributed by atoms with Crippen molar-refractivity contribution in [1.82, 2.24) is 0 Å². The van der Waals surface area contributed by atoms with Gasteiger partial charge in [0.2, 0.25) is 0 Å². The highest BCUT2D eigenvalue weighted by Gasteiger charge is 2.30. The molecule has 0 radical (unpaired) electrons. The first-order chi connectivity index (χ1) is 11.3. The number of anilines is 1. The Balaban J connectivity index is 2.16. The summed E-state index contributed by atoms with van der Waals surface area (Å²) < 4.78 is 48.1. The predicted molar refractivity (Wildman–Crippen MR) is 83.6 cm³/mol. The third-order valence-corrected chi connectivity index (χ3v) is 3.20. The molecule has 4 nitrogen and oxygen atoms in total. The molecule has 0 aliphatic carbocycles. The Labute approximate surface area is 137 Å². The minimum Gasteiger partial charge on any atom is -0.493 e. The first-order valence-corrected chi connectivity index (χ1v) is 7.14. The summed E-state index contributed by atoms with van der Waals surface area (Å²) in [5.41, 5.74) is -0.204. The summed E-state index contributed by atoms with van der Waals surface area (Å²) in [6.45, 7) is 2.20. The van der Waals surface area contributed by atoms with E-state index in [2.05, 4.69) is 5.32 Å². The number of carbonyl (C=O) groups excluding carboxylic acids is 1. The number of hydrogen-bond donors (Lipinski definition) is 1. The molecular weight excluding hydrogens is 323 g/mol. The standard InChI is InChI=1S/C17H16F3NO3/c1-3-24-15-10-11(4-9-14(15)23-2)16(22)21-13-7-5-12(6-8-13)17(18,19)20/h4-10H,3H2,1-2H3,(H,21,22). The Hall–Kier alpha value is -2.70. The van der Waals surface area contributed by atoms with Crippen LogP contribution in [0.3, 0.4) is 0 Å². The number of halogens is 3. The lowest BCUT2D eigenvalue weighted by atomic mass is 10.1. The smallest absolute Gasteiger partial charge is 0.416 e. The molecule has 0 saturated heterocycles. The number of rotatable bonds is 5. The molecule has 2 aromatic carbocycles. The Kier molecular flexibility index (Phi) is 5.33. The fraction of sp³-hybridized carbons (Fsp3) is 0.235. The summed E-state index contributed by atoms with van der Waals surface area (Å²) in [4.78, 5) is 12.2. The van der Waals surface area contributed by atoms with Gasteiger partial charge < -0.3 is 14.8 Å². The number of ether oxygens (including phenoxy) is 2. The van der Waals surface area contributed by atoms with E-state index in [4.69, 9.17) is 9.47 Å². The molecule has 0 fully saturated rings. The molecule has 1 amide bonds. The maximum atomic E-state index is 12.5. The highest BCUT2D eigenvalue weighted by molar-refractivity contribution is 6.04. The first kappa shape index (κ1) is 17.7. The average Bonchev–Trinajstić information content (AvgIpc) is 2.54. The molecule has 24 heavy (non-hydrogen) atoms. The van der Waals surface area contributed by atoms with E-state index in [1.54, 1.807) is 19.1 Å². The van der Waals surface area contributed by atoms with Gasteiger partial charge in [-0.1, -0.05) is 0 Å². The van der Waals surface area contributed by atoms with Crippen LogP contribution in [0, 0.1) is 0 Å². The molecule has 1 N–H and O–H groups in total. The molecule has 0 heterocycles. The molecule has 0 unspecified atom stereocenters. The van der Waals surface area contributed by atoms with Crippen LogP contribution >= 0.6 is 0 Å². The zero-order valence-corrected chi connectivity index (χ0v) is 13.1. The van der Waals surface area contributed by atoms with Crippen LogP contribution in [0.25, 0.3) is 0 Å². The molecule has 0 aliphatic rings. The summed E-state index contributed by atoms with van der Waals surface area (Å²) in [5.74, 6) is 0.446. The van der Waals surface area contributed by atoms with Gasteiger partial charge in [0.1, 0.15) is 0 Å². The van der Waals surface area contributed by atoms with Crippen LogP contribution in [-0.4, -0.2) is 19.6 Å². The summed E-state index contributed by atoms with van der Waals surface area (Å²) in [6.07, 6.45) is -4.41. The molecule has 0 bridgehead atoms. The zero-order valence-electron chi connectivity index (χ0n) is 13.1. The topological polar surface area (TPSA) is 47.6 Å². The van der Waals surface area contributed by atoms with Gasteiger partial charge >= 0.3 is 6.18 Å². The van der Waals surface area contributed by atoms with Crippen molar-refractivity contribution in [2.24, 2.45) is 0 Å². The van der Waals surface area contributed by atoms with Gasteiger partial charge in [0.15, 0.2) is 11.5 Å². The number of nitrogens with one attached hydrogen (secondary N) is 1. The molecule has 0 aliphatic heterocycles. The molecule has 0 atom stereocenters. The molecular formula is C17H16F3NO3. The van der Waals surface area contributed by atoms with Gasteiger partial charge in [-0.15, -0.1) is 0 Å². The van der Waals surface area contributed by atoms with Gasteiger partial charge in [-0.05, 0) is 49.4 Å². The SMILES string of the molecule is CCOc1cc(C(=O)Nc2ccc(C(F)(F)F)cc2)ccc1OC. The van der Waals surface area contributed by atoms with E-state index in [0.29, 0.717) is 23.7 Å². The number of hydrogen-bond acceptors (Lipinski definition) is 3. The number of amides is 1. The Bertz CT molecular complexity index is 712. The first-order valence-electron chi connectivity index (χ1n) is 7.14. The Morgan fingerprint density at radius 1 is 1.08 bits per heavy atom. The minimum atomic E-state index is -4.41. The average molecular weight is 339 g/mol. The van der Waals surface area contributed by atoms with Crippen LogP contribution in [0.15, 0.2) is 42.5 Å². The van der Waals surface area contributed by atoms with Gasteiger partial charge in [0.05, 0.1) is 19.3 Å². The second-order valence-corrected chi connectivity index (χ2v) is 4.83. The lowest BCUT2D eigenvalue weighted by Gasteiger charge is -2.12. The summed E-state index contributed by atoms with van der Waals surface area (Å²) >= 11 is 0. The normalized spacial score (nSPS) is 11.0. The van der Waals surface area contributed by atoms with E-state index in [0.717, 1.165) is 12.1 Å². The third kappa shape index (κ3) is 4.18. The molecule has 0 aromatic heterocycles. The summed E-state index contributed by atoms with van der Waals surface area (Å²) in [5, 5.41) is 2.54. The summed E-state index contributed by atoms with van der Waals surface area (Å²) in [7, 11) is 1.49. The van der Waals surface area contributed by atoms with Crippen molar-refractivity contribution in [3.05, 3.63) is 53.6 Å². The number of carbonyl (C=O) groups is 1. The molecule has 0 spiro atoms. The largest absolute Gasteiger partial charge is 0.493 e. The minimum absolute atomic E-state index is 0.266. The van der Waals surface area contributed by atoms with Crippen LogP contribution in [0.2, 0.25) is 0 Å². The second kappa shape index (κ2) is 7.25. The van der Waals surface area contributed by atoms with E-state index in [1.807, 2.05) is 0 Å². The fourth-order valence-electron chi connectivity index (χ4n) is 2.03. The van der Waals surface area contributed by atoms with Gasteiger partial charge in [0, 0.05) is 11.3 Å². The maximum Gasteiger partial charge on any atom is 0.416 e. The predicted octanol–water partition coefficient (Wildman–Crippen LogP) is 4.37. The lowest BCUT2D eigenvalue weighted by molar-refractivity contribution is -0.137. The number of benzene rings is 2. The fourth-order valence-corrected chi connectivity index (χ4v) is 2.03. The highest BCUT2D eigenvalue weighted by atomic mass is 19.4. The molecule has 0 saturated carbocycles. The molecule has 128 valence electrons. The highest BCUT2D eigenvalue weighted by Crippen LogP contribution is 2.30. The number of alkyl halides is 3. The Morgan fingerprint density at radius 2 is 1.75 bits per heavy atom. The molecule has 7 heteroatoms. The van der Waals surface area contributed by atoms with Crippen LogP contribution in [0.1, 0.15) is 22.8 Å². The van der Waals surface area contributed by atoms with Crippen molar-refractivity contribution in [3.8, 4) is 11.5 Å². The van der Waals surface area contributed by atoms with Crippen molar-refractivity contribution < 1.29 is 27.4 Å². The van der Waals surface area contributed by atoms with E-state index in [-0.39, 0.29) is 5.69 Å². The van der Waals surface area contributed by atoms with Gasteiger partial charge in [0.25, 0.3) is 5.91 Å². The third-order valence-electron chi connectivity index (χ3n) is 3.20. The quantitative estimate of drug-likeness (QED) is 0.880. The van der Waals surface area contributed by atoms with Crippen molar-refractivity contribution >= 4 is 11.6 Å². The van der Waals surface area contributed by atoms with E-state index >= 15 is 0 Å².